The minimum atomic E-state index is -3.69. The van der Waals surface area contributed by atoms with E-state index in [0.29, 0.717) is 29.4 Å². The van der Waals surface area contributed by atoms with Crippen LogP contribution in [0.1, 0.15) is 5.56 Å². The van der Waals surface area contributed by atoms with Gasteiger partial charge in [-0.1, -0.05) is 6.07 Å². The number of carbonyl (C=O) groups excluding carboxylic acids is 1. The number of ether oxygens (including phenoxy) is 3. The molecule has 0 heterocycles. The molecule has 180 valence electrons. The maximum absolute atomic E-state index is 12.6. The largest absolute Gasteiger partial charge is 0.493 e. The third-order valence-corrected chi connectivity index (χ3v) is 6.98. The van der Waals surface area contributed by atoms with Gasteiger partial charge in [0, 0.05) is 15.8 Å². The zero-order valence-corrected chi connectivity index (χ0v) is 21.7. The first-order valence-corrected chi connectivity index (χ1v) is 12.9. The first-order chi connectivity index (χ1) is 16.3. The van der Waals surface area contributed by atoms with Crippen molar-refractivity contribution in [2.45, 2.75) is 11.3 Å². The van der Waals surface area contributed by atoms with Crippen molar-refractivity contribution in [2.75, 3.05) is 32.7 Å². The highest BCUT2D eigenvalue weighted by Crippen LogP contribution is 2.27. The molecule has 0 spiro atoms. The minimum absolute atomic E-state index is 0.107. The summed E-state index contributed by atoms with van der Waals surface area (Å²) in [5, 5.41) is 2.74. The highest BCUT2D eigenvalue weighted by atomic mass is 127. The molecule has 3 rings (SSSR count). The van der Waals surface area contributed by atoms with Gasteiger partial charge in [-0.15, -0.1) is 0 Å². The number of anilines is 1. The second kappa shape index (κ2) is 12.0. The Morgan fingerprint density at radius 1 is 0.912 bits per heavy atom. The van der Waals surface area contributed by atoms with E-state index in [-0.39, 0.29) is 24.0 Å². The lowest BCUT2D eigenvalue weighted by molar-refractivity contribution is -0.118. The highest BCUT2D eigenvalue weighted by Gasteiger charge is 2.14. The Hall–Kier alpha value is -2.83. The number of methoxy groups -OCH3 is 2. The molecule has 2 N–H and O–H groups in total. The van der Waals surface area contributed by atoms with Gasteiger partial charge >= 0.3 is 0 Å². The summed E-state index contributed by atoms with van der Waals surface area (Å²) < 4.78 is 44.8. The second-order valence-electron chi connectivity index (χ2n) is 7.15. The molecule has 8 nitrogen and oxygen atoms in total. The molecular formula is C24H25IN2O6S. The third-order valence-electron chi connectivity index (χ3n) is 4.79. The van der Waals surface area contributed by atoms with Crippen molar-refractivity contribution in [3.8, 4) is 17.2 Å². The Kier molecular flexibility index (Phi) is 9.13. The monoisotopic (exact) mass is 596 g/mol. The molecule has 0 aromatic heterocycles. The van der Waals surface area contributed by atoms with E-state index in [2.05, 4.69) is 32.6 Å². The molecule has 0 saturated heterocycles. The van der Waals surface area contributed by atoms with Crippen LogP contribution in [0.2, 0.25) is 0 Å². The van der Waals surface area contributed by atoms with E-state index in [1.807, 2.05) is 24.3 Å². The molecule has 0 aliphatic carbocycles. The van der Waals surface area contributed by atoms with Crippen LogP contribution in [-0.2, 0) is 21.2 Å². The summed E-state index contributed by atoms with van der Waals surface area (Å²) in [6.07, 6.45) is 0.483. The molecule has 0 unspecified atom stereocenters. The zero-order chi connectivity index (χ0) is 24.6. The molecule has 0 radical (unpaired) electrons. The van der Waals surface area contributed by atoms with Gasteiger partial charge in [-0.2, -0.15) is 0 Å². The first-order valence-electron chi connectivity index (χ1n) is 10.3. The average molecular weight is 596 g/mol. The molecule has 0 saturated carbocycles. The van der Waals surface area contributed by atoms with Crippen LogP contribution in [-0.4, -0.2) is 41.7 Å². The Labute approximate surface area is 212 Å². The number of sulfonamides is 1. The SMILES string of the molecule is COc1ccc(CCNS(=O)(=O)c2ccc(OCC(=O)Nc3ccc(I)cc3)cc2)cc1OC. The predicted octanol–water partition coefficient (Wildman–Crippen LogP) is 3.85. The number of halogens is 1. The second-order valence-corrected chi connectivity index (χ2v) is 10.2. The standard InChI is InChI=1S/C24H25IN2O6S/c1-31-22-12-3-17(15-23(22)32-2)13-14-26-34(29,30)21-10-8-20(9-11-21)33-16-24(28)27-19-6-4-18(25)5-7-19/h3-12,15,26H,13-14,16H2,1-2H3,(H,27,28). The van der Waals surface area contributed by atoms with E-state index in [9.17, 15) is 13.2 Å². The molecule has 0 atom stereocenters. The van der Waals surface area contributed by atoms with Crippen molar-refractivity contribution < 1.29 is 27.4 Å². The van der Waals surface area contributed by atoms with Crippen molar-refractivity contribution in [3.05, 3.63) is 75.9 Å². The molecule has 0 aliphatic rings. The van der Waals surface area contributed by atoms with E-state index in [1.54, 1.807) is 32.4 Å². The summed E-state index contributed by atoms with van der Waals surface area (Å²) in [6.45, 7) is 0.0242. The fraction of sp³-hybridized carbons (Fsp3) is 0.208. The van der Waals surface area contributed by atoms with E-state index in [4.69, 9.17) is 14.2 Å². The fourth-order valence-electron chi connectivity index (χ4n) is 3.04. The van der Waals surface area contributed by atoms with Gasteiger partial charge in [0.2, 0.25) is 10.0 Å². The van der Waals surface area contributed by atoms with E-state index >= 15 is 0 Å². The molecular weight excluding hydrogens is 571 g/mol. The number of amides is 1. The molecule has 10 heteroatoms. The molecule has 34 heavy (non-hydrogen) atoms. The van der Waals surface area contributed by atoms with Crippen molar-refractivity contribution in [1.82, 2.24) is 4.72 Å². The summed E-state index contributed by atoms with van der Waals surface area (Å²) in [6, 6.07) is 18.7. The van der Waals surface area contributed by atoms with Crippen LogP contribution in [0.15, 0.2) is 71.6 Å². The fourth-order valence-corrected chi connectivity index (χ4v) is 4.43. The van der Waals surface area contributed by atoms with E-state index < -0.39 is 10.0 Å². The van der Waals surface area contributed by atoms with Gasteiger partial charge in [0.05, 0.1) is 19.1 Å². The zero-order valence-electron chi connectivity index (χ0n) is 18.7. The van der Waals surface area contributed by atoms with Crippen LogP contribution in [0.5, 0.6) is 17.2 Å². The van der Waals surface area contributed by atoms with Crippen molar-refractivity contribution in [3.63, 3.8) is 0 Å². The number of nitrogens with one attached hydrogen (secondary N) is 2. The lowest BCUT2D eigenvalue weighted by atomic mass is 10.1. The van der Waals surface area contributed by atoms with Gasteiger partial charge < -0.3 is 19.5 Å². The number of carbonyl (C=O) groups is 1. The van der Waals surface area contributed by atoms with E-state index in [0.717, 1.165) is 9.13 Å². The highest BCUT2D eigenvalue weighted by molar-refractivity contribution is 14.1. The molecule has 0 aliphatic heterocycles. The maximum Gasteiger partial charge on any atom is 0.262 e. The van der Waals surface area contributed by atoms with Gasteiger partial charge in [-0.05, 0) is 95.2 Å². The topological polar surface area (TPSA) is 103 Å². The quantitative estimate of drug-likeness (QED) is 0.326. The van der Waals surface area contributed by atoms with Crippen LogP contribution in [0.4, 0.5) is 5.69 Å². The normalized spacial score (nSPS) is 11.0. The van der Waals surface area contributed by atoms with Crippen LogP contribution in [0.3, 0.4) is 0 Å². The minimum Gasteiger partial charge on any atom is -0.493 e. The Morgan fingerprint density at radius 2 is 1.59 bits per heavy atom. The van der Waals surface area contributed by atoms with Crippen molar-refractivity contribution in [1.29, 1.82) is 0 Å². The third kappa shape index (κ3) is 7.34. The van der Waals surface area contributed by atoms with Crippen LogP contribution in [0.25, 0.3) is 0 Å². The Bertz CT molecular complexity index is 1220. The molecule has 3 aromatic carbocycles. The number of benzene rings is 3. The van der Waals surface area contributed by atoms with Gasteiger partial charge in [-0.25, -0.2) is 13.1 Å². The molecule has 1 amide bonds. The first kappa shape index (κ1) is 25.8. The summed E-state index contributed by atoms with van der Waals surface area (Å²) in [5.41, 5.74) is 1.59. The van der Waals surface area contributed by atoms with Gasteiger partial charge in [-0.3, -0.25) is 4.79 Å². The van der Waals surface area contributed by atoms with Crippen molar-refractivity contribution in [2.24, 2.45) is 0 Å². The summed E-state index contributed by atoms with van der Waals surface area (Å²) in [7, 11) is -0.586. The molecule has 0 bridgehead atoms. The smallest absolute Gasteiger partial charge is 0.262 e. The van der Waals surface area contributed by atoms with Gasteiger partial charge in [0.15, 0.2) is 18.1 Å². The van der Waals surface area contributed by atoms with Crippen LogP contribution < -0.4 is 24.2 Å². The Balaban J connectivity index is 1.50. The van der Waals surface area contributed by atoms with E-state index in [1.165, 1.54) is 24.3 Å². The molecule has 3 aromatic rings. The Morgan fingerprint density at radius 3 is 2.24 bits per heavy atom. The predicted molar refractivity (Wildman–Crippen MR) is 138 cm³/mol. The van der Waals surface area contributed by atoms with Crippen molar-refractivity contribution >= 4 is 44.2 Å². The summed E-state index contributed by atoms with van der Waals surface area (Å²) in [4.78, 5) is 12.2. The number of hydrogen-bond acceptors (Lipinski definition) is 6. The number of rotatable bonds is 11. The molecule has 0 fully saturated rings. The van der Waals surface area contributed by atoms with Crippen LogP contribution in [0, 0.1) is 3.57 Å². The maximum atomic E-state index is 12.6. The van der Waals surface area contributed by atoms with Crippen LogP contribution >= 0.6 is 22.6 Å². The number of hydrogen-bond donors (Lipinski definition) is 2. The summed E-state index contributed by atoms with van der Waals surface area (Å²) in [5.74, 6) is 1.28. The summed E-state index contributed by atoms with van der Waals surface area (Å²) >= 11 is 2.18. The van der Waals surface area contributed by atoms with Gasteiger partial charge in [0.25, 0.3) is 5.91 Å². The lowest BCUT2D eigenvalue weighted by Gasteiger charge is -2.11. The van der Waals surface area contributed by atoms with Gasteiger partial charge in [0.1, 0.15) is 5.75 Å². The lowest BCUT2D eigenvalue weighted by Crippen LogP contribution is -2.26. The average Bonchev–Trinajstić information content (AvgIpc) is 2.84.